The summed E-state index contributed by atoms with van der Waals surface area (Å²) in [6.45, 7) is 1.01. The van der Waals surface area contributed by atoms with Crippen molar-refractivity contribution in [2.75, 3.05) is 6.79 Å². The van der Waals surface area contributed by atoms with E-state index in [4.69, 9.17) is 14.2 Å². The molecule has 3 aliphatic rings. The summed E-state index contributed by atoms with van der Waals surface area (Å²) in [7, 11) is 0. The maximum Gasteiger partial charge on any atom is 0.308 e. The Hall–Kier alpha value is -2.40. The lowest BCUT2D eigenvalue weighted by molar-refractivity contribution is -0.155. The Balaban J connectivity index is 1.92. The number of rotatable bonds is 1. The normalized spacial score (nSPS) is 34.6. The molecule has 1 fully saturated rings. The second-order valence-electron chi connectivity index (χ2n) is 6.48. The molecule has 0 bridgehead atoms. The molecule has 0 radical (unpaired) electrons. The van der Waals surface area contributed by atoms with Crippen LogP contribution in [0.3, 0.4) is 0 Å². The number of amides is 1. The Kier molecular flexibility index (Phi) is 3.81. The molecular formula is C16H17NO9. The smallest absolute Gasteiger partial charge is 0.308 e. The quantitative estimate of drug-likeness (QED) is 0.280. The molecule has 1 aromatic rings. The number of fused-ring (bicyclic) bond motifs is 4. The van der Waals surface area contributed by atoms with Crippen molar-refractivity contribution in [3.63, 3.8) is 0 Å². The van der Waals surface area contributed by atoms with Gasteiger partial charge in [-0.05, 0) is 11.6 Å². The van der Waals surface area contributed by atoms with Crippen molar-refractivity contribution in [3.05, 3.63) is 17.2 Å². The first-order valence-electron chi connectivity index (χ1n) is 7.99. The topological polar surface area (TPSA) is 155 Å². The number of carbonyl (C=O) groups excluding carboxylic acids is 2. The first-order chi connectivity index (χ1) is 12.3. The third-order valence-corrected chi connectivity index (χ3v) is 4.95. The lowest BCUT2D eigenvalue weighted by Gasteiger charge is -2.47. The van der Waals surface area contributed by atoms with Gasteiger partial charge in [-0.25, -0.2) is 0 Å². The number of aliphatic hydroxyl groups excluding tert-OH is 4. The number of hydrogen-bond acceptors (Lipinski definition) is 9. The van der Waals surface area contributed by atoms with Gasteiger partial charge in [-0.2, -0.15) is 0 Å². The molecule has 140 valence electrons. The van der Waals surface area contributed by atoms with Crippen LogP contribution in [0.15, 0.2) is 6.07 Å². The first kappa shape index (κ1) is 17.0. The van der Waals surface area contributed by atoms with E-state index in [9.17, 15) is 30.0 Å². The summed E-state index contributed by atoms with van der Waals surface area (Å²) in [4.78, 5) is 24.1. The van der Waals surface area contributed by atoms with Crippen LogP contribution in [0.2, 0.25) is 0 Å². The van der Waals surface area contributed by atoms with Crippen LogP contribution in [0.4, 0.5) is 0 Å². The molecule has 0 saturated heterocycles. The van der Waals surface area contributed by atoms with Gasteiger partial charge in [0, 0.05) is 12.8 Å². The van der Waals surface area contributed by atoms with Crippen molar-refractivity contribution in [3.8, 4) is 17.2 Å². The van der Waals surface area contributed by atoms with Crippen molar-refractivity contribution in [1.82, 2.24) is 5.32 Å². The van der Waals surface area contributed by atoms with E-state index in [1.165, 1.54) is 6.07 Å². The molecule has 0 unspecified atom stereocenters. The van der Waals surface area contributed by atoms with E-state index in [0.717, 1.165) is 6.92 Å². The lowest BCUT2D eigenvalue weighted by Crippen LogP contribution is -2.66. The van der Waals surface area contributed by atoms with Crippen molar-refractivity contribution < 1.29 is 44.2 Å². The minimum atomic E-state index is -1.63. The van der Waals surface area contributed by atoms with Crippen LogP contribution in [0.25, 0.3) is 0 Å². The zero-order chi connectivity index (χ0) is 18.7. The molecule has 0 spiro atoms. The van der Waals surface area contributed by atoms with Gasteiger partial charge < -0.3 is 40.0 Å². The minimum Gasteiger partial charge on any atom is -0.453 e. The van der Waals surface area contributed by atoms with Gasteiger partial charge in [0.15, 0.2) is 11.5 Å². The highest BCUT2D eigenvalue weighted by Crippen LogP contribution is 2.50. The molecule has 1 aliphatic carbocycles. The Morgan fingerprint density at radius 1 is 1.15 bits per heavy atom. The molecule has 2 aliphatic heterocycles. The molecule has 1 amide bonds. The van der Waals surface area contributed by atoms with Gasteiger partial charge in [0.1, 0.15) is 18.3 Å². The minimum absolute atomic E-state index is 0.0551. The van der Waals surface area contributed by atoms with Gasteiger partial charge in [0.25, 0.3) is 5.91 Å². The fourth-order valence-corrected chi connectivity index (χ4v) is 3.80. The number of benzene rings is 1. The lowest BCUT2D eigenvalue weighted by atomic mass is 9.70. The maximum atomic E-state index is 12.6. The van der Waals surface area contributed by atoms with Crippen LogP contribution in [0.5, 0.6) is 17.2 Å². The Labute approximate surface area is 146 Å². The van der Waals surface area contributed by atoms with Crippen LogP contribution in [-0.2, 0) is 4.79 Å². The van der Waals surface area contributed by atoms with Crippen molar-refractivity contribution in [2.24, 2.45) is 0 Å². The van der Waals surface area contributed by atoms with E-state index in [2.05, 4.69) is 5.32 Å². The van der Waals surface area contributed by atoms with Crippen LogP contribution in [-0.4, -0.2) is 69.6 Å². The summed E-state index contributed by atoms with van der Waals surface area (Å²) < 4.78 is 15.8. The van der Waals surface area contributed by atoms with Crippen molar-refractivity contribution >= 4 is 11.9 Å². The Morgan fingerprint density at radius 3 is 2.54 bits per heavy atom. The SMILES string of the molecule is CC(=O)Oc1c2c(cc3c1C(=O)N[C@H]1[C@H](O)[C@H](O)[C@@H](O)[C@H](O)[C@H]31)OCO2. The zero-order valence-corrected chi connectivity index (χ0v) is 13.6. The molecule has 5 N–H and O–H groups in total. The second kappa shape index (κ2) is 5.81. The molecule has 26 heavy (non-hydrogen) atoms. The third kappa shape index (κ3) is 2.27. The number of nitrogens with one attached hydrogen (secondary N) is 1. The Morgan fingerprint density at radius 2 is 1.85 bits per heavy atom. The average Bonchev–Trinajstić information content (AvgIpc) is 3.05. The van der Waals surface area contributed by atoms with E-state index in [-0.39, 0.29) is 35.2 Å². The van der Waals surface area contributed by atoms with E-state index in [1.807, 2.05) is 0 Å². The summed E-state index contributed by atoms with van der Waals surface area (Å²) in [5.74, 6) is -2.19. The van der Waals surface area contributed by atoms with E-state index < -0.39 is 48.3 Å². The monoisotopic (exact) mass is 367 g/mol. The van der Waals surface area contributed by atoms with Crippen LogP contribution >= 0.6 is 0 Å². The van der Waals surface area contributed by atoms with Gasteiger partial charge in [0.2, 0.25) is 12.5 Å². The Bertz CT molecular complexity index is 794. The van der Waals surface area contributed by atoms with Crippen molar-refractivity contribution in [2.45, 2.75) is 43.3 Å². The summed E-state index contributed by atoms with van der Waals surface area (Å²) in [6, 6.07) is 0.399. The average molecular weight is 367 g/mol. The van der Waals surface area contributed by atoms with E-state index >= 15 is 0 Å². The van der Waals surface area contributed by atoms with Gasteiger partial charge in [0.05, 0.1) is 17.7 Å². The first-order valence-corrected chi connectivity index (χ1v) is 7.99. The summed E-state index contributed by atoms with van der Waals surface area (Å²) in [5.41, 5.74) is 0.164. The van der Waals surface area contributed by atoms with Crippen molar-refractivity contribution in [1.29, 1.82) is 0 Å². The largest absolute Gasteiger partial charge is 0.453 e. The van der Waals surface area contributed by atoms with Gasteiger partial charge in [-0.3, -0.25) is 9.59 Å². The second-order valence-corrected chi connectivity index (χ2v) is 6.48. The molecule has 4 rings (SSSR count). The fraction of sp³-hybridized carbons (Fsp3) is 0.500. The number of aliphatic hydroxyl groups is 4. The number of hydrogen-bond donors (Lipinski definition) is 5. The highest BCUT2D eigenvalue weighted by molar-refractivity contribution is 6.02. The molecule has 6 atom stereocenters. The molecular weight excluding hydrogens is 350 g/mol. The molecule has 2 heterocycles. The van der Waals surface area contributed by atoms with E-state index in [1.54, 1.807) is 0 Å². The summed E-state index contributed by atoms with van der Waals surface area (Å²) in [6.07, 6.45) is -6.24. The van der Waals surface area contributed by atoms with Gasteiger partial charge >= 0.3 is 5.97 Å². The third-order valence-electron chi connectivity index (χ3n) is 4.95. The van der Waals surface area contributed by atoms with Crippen LogP contribution < -0.4 is 19.5 Å². The molecule has 10 heteroatoms. The predicted molar refractivity (Wildman–Crippen MR) is 81.9 cm³/mol. The predicted octanol–water partition coefficient (Wildman–Crippen LogP) is -2.01. The number of ether oxygens (including phenoxy) is 3. The highest BCUT2D eigenvalue weighted by atomic mass is 16.7. The summed E-state index contributed by atoms with van der Waals surface area (Å²) in [5, 5.41) is 43.1. The molecule has 0 aromatic heterocycles. The number of esters is 1. The fourth-order valence-electron chi connectivity index (χ4n) is 3.80. The summed E-state index contributed by atoms with van der Waals surface area (Å²) >= 11 is 0. The molecule has 1 saturated carbocycles. The molecule has 1 aromatic carbocycles. The van der Waals surface area contributed by atoms with Crippen LogP contribution in [0.1, 0.15) is 28.8 Å². The van der Waals surface area contributed by atoms with E-state index in [0.29, 0.717) is 0 Å². The highest BCUT2D eigenvalue weighted by Gasteiger charge is 2.54. The molecule has 10 nitrogen and oxygen atoms in total. The van der Waals surface area contributed by atoms with Crippen LogP contribution in [0, 0.1) is 0 Å². The van der Waals surface area contributed by atoms with Gasteiger partial charge in [-0.1, -0.05) is 0 Å². The van der Waals surface area contributed by atoms with Gasteiger partial charge in [-0.15, -0.1) is 0 Å². The maximum absolute atomic E-state index is 12.6. The standard InChI is InChI=1S/C16H17NO9/c1-4(18)26-15-8-5(2-6-14(15)25-3-24-6)7-9(17-16(8)23)11(20)13(22)12(21)10(7)19/h2,7,9-13,19-22H,3H2,1H3,(H,17,23)/t7-,9-,10-,11+,12+,13+/m1/s1. The zero-order valence-electron chi connectivity index (χ0n) is 13.6. The number of carbonyl (C=O) groups is 2.